The maximum Gasteiger partial charge on any atom is 0.391 e. The van der Waals surface area contributed by atoms with Crippen molar-refractivity contribution in [2.24, 2.45) is 0 Å². The van der Waals surface area contributed by atoms with E-state index in [1.165, 1.54) is 0 Å². The lowest BCUT2D eigenvalue weighted by Crippen LogP contribution is -2.43. The Labute approximate surface area is 136 Å². The molecular weight excluding hydrogens is 327 g/mol. The molecule has 8 heteroatoms. The fraction of sp³-hybridized carbons (Fsp3) is 0.438. The maximum absolute atomic E-state index is 12.2. The first-order valence-corrected chi connectivity index (χ1v) is 7.33. The minimum absolute atomic E-state index is 0.213. The van der Waals surface area contributed by atoms with Gasteiger partial charge < -0.3 is 10.4 Å². The van der Waals surface area contributed by atoms with Crippen molar-refractivity contribution in [3.05, 3.63) is 35.4 Å². The molecule has 0 aromatic heterocycles. The van der Waals surface area contributed by atoms with Crippen LogP contribution < -0.4 is 5.32 Å². The molecule has 0 aliphatic carbocycles. The highest BCUT2D eigenvalue weighted by molar-refractivity contribution is 5.98. The quantitative estimate of drug-likeness (QED) is 0.710. The molecule has 0 fully saturated rings. The minimum atomic E-state index is -4.72. The number of hydrogen-bond acceptors (Lipinski definition) is 3. The van der Waals surface area contributed by atoms with Crippen molar-refractivity contribution in [1.82, 2.24) is 5.32 Å². The zero-order valence-electron chi connectivity index (χ0n) is 13.0. The van der Waals surface area contributed by atoms with Crippen molar-refractivity contribution in [2.75, 3.05) is 0 Å². The molecule has 0 aliphatic rings. The van der Waals surface area contributed by atoms with Gasteiger partial charge in [-0.15, -0.1) is 0 Å². The largest absolute Gasteiger partial charge is 0.480 e. The van der Waals surface area contributed by atoms with Crippen LogP contribution in [0.15, 0.2) is 24.3 Å². The number of Topliss-reactive ketones (excluding diaryl/α,β-unsaturated/α-hetero) is 1. The Balaban J connectivity index is 2.54. The minimum Gasteiger partial charge on any atom is -0.480 e. The maximum atomic E-state index is 12.2. The van der Waals surface area contributed by atoms with E-state index in [1.807, 2.05) is 6.92 Å². The van der Waals surface area contributed by atoms with Crippen molar-refractivity contribution >= 4 is 17.7 Å². The summed E-state index contributed by atoms with van der Waals surface area (Å²) in [5.74, 6) is -3.03. The van der Waals surface area contributed by atoms with Crippen molar-refractivity contribution in [1.29, 1.82) is 0 Å². The molecule has 0 spiro atoms. The number of carbonyl (C=O) groups excluding carboxylic acids is 2. The predicted octanol–water partition coefficient (Wildman–Crippen LogP) is 2.73. The summed E-state index contributed by atoms with van der Waals surface area (Å²) in [7, 11) is 0. The van der Waals surface area contributed by atoms with Gasteiger partial charge in [0.25, 0.3) is 0 Å². The van der Waals surface area contributed by atoms with Crippen LogP contribution in [0.5, 0.6) is 0 Å². The Bertz CT molecular complexity index is 596. The number of nitrogens with one attached hydrogen (secondary N) is 1. The van der Waals surface area contributed by atoms with E-state index in [4.69, 9.17) is 5.11 Å². The monoisotopic (exact) mass is 345 g/mol. The SMILES string of the molecule is CCc1ccc(C(=O)CCC(=O)NC(CC(F)(F)F)C(=O)O)cc1. The van der Waals surface area contributed by atoms with E-state index in [9.17, 15) is 27.6 Å². The van der Waals surface area contributed by atoms with Crippen LogP contribution in [0, 0.1) is 0 Å². The van der Waals surface area contributed by atoms with E-state index in [2.05, 4.69) is 0 Å². The van der Waals surface area contributed by atoms with Crippen LogP contribution in [0.2, 0.25) is 0 Å². The van der Waals surface area contributed by atoms with Gasteiger partial charge in [0.1, 0.15) is 6.04 Å². The number of amides is 1. The molecular formula is C16H18F3NO4. The van der Waals surface area contributed by atoms with Crippen molar-refractivity contribution < 1.29 is 32.7 Å². The van der Waals surface area contributed by atoms with Gasteiger partial charge in [-0.1, -0.05) is 31.2 Å². The molecule has 1 aromatic carbocycles. The first-order chi connectivity index (χ1) is 11.1. The molecule has 0 bridgehead atoms. The molecule has 132 valence electrons. The number of carbonyl (C=O) groups is 3. The Morgan fingerprint density at radius 1 is 1.12 bits per heavy atom. The second-order valence-electron chi connectivity index (χ2n) is 5.25. The Hall–Kier alpha value is -2.38. The lowest BCUT2D eigenvalue weighted by molar-refractivity contribution is -0.160. The zero-order valence-corrected chi connectivity index (χ0v) is 13.0. The molecule has 5 nitrogen and oxygen atoms in total. The van der Waals surface area contributed by atoms with Crippen LogP contribution in [0.4, 0.5) is 13.2 Å². The Morgan fingerprint density at radius 3 is 2.17 bits per heavy atom. The van der Waals surface area contributed by atoms with Crippen molar-refractivity contribution in [3.8, 4) is 0 Å². The number of carboxylic acid groups (broad SMARTS) is 1. The summed E-state index contributed by atoms with van der Waals surface area (Å²) in [5.41, 5.74) is 1.44. The third-order valence-corrected chi connectivity index (χ3v) is 3.33. The highest BCUT2D eigenvalue weighted by atomic mass is 19.4. The van der Waals surface area contributed by atoms with Gasteiger partial charge in [0.15, 0.2) is 5.78 Å². The average molecular weight is 345 g/mol. The number of aryl methyl sites for hydroxylation is 1. The molecule has 1 unspecified atom stereocenters. The van der Waals surface area contributed by atoms with Crippen LogP contribution in [0.25, 0.3) is 0 Å². The number of halogens is 3. The third-order valence-electron chi connectivity index (χ3n) is 3.33. The Morgan fingerprint density at radius 2 is 1.71 bits per heavy atom. The summed E-state index contributed by atoms with van der Waals surface area (Å²) < 4.78 is 36.7. The number of rotatable bonds is 8. The van der Waals surface area contributed by atoms with Gasteiger partial charge in [-0.05, 0) is 12.0 Å². The summed E-state index contributed by atoms with van der Waals surface area (Å²) in [6.07, 6.45) is -6.16. The van der Waals surface area contributed by atoms with E-state index in [-0.39, 0.29) is 18.6 Å². The molecule has 2 N–H and O–H groups in total. The highest BCUT2D eigenvalue weighted by Gasteiger charge is 2.36. The number of aliphatic carboxylic acids is 1. The van der Waals surface area contributed by atoms with Crippen LogP contribution in [-0.2, 0) is 16.0 Å². The predicted molar refractivity (Wildman–Crippen MR) is 79.6 cm³/mol. The van der Waals surface area contributed by atoms with E-state index in [0.29, 0.717) is 5.56 Å². The highest BCUT2D eigenvalue weighted by Crippen LogP contribution is 2.21. The van der Waals surface area contributed by atoms with Gasteiger partial charge >= 0.3 is 12.1 Å². The van der Waals surface area contributed by atoms with Crippen molar-refractivity contribution in [3.63, 3.8) is 0 Å². The second-order valence-corrected chi connectivity index (χ2v) is 5.25. The molecule has 0 saturated heterocycles. The van der Waals surface area contributed by atoms with E-state index >= 15 is 0 Å². The standard InChI is InChI=1S/C16H18F3NO4/c1-2-10-3-5-11(6-4-10)13(21)7-8-14(22)20-12(15(23)24)9-16(17,18)19/h3-6,12H,2,7-9H2,1H3,(H,20,22)(H,23,24). The molecule has 1 amide bonds. The first kappa shape index (κ1) is 19.7. The Kier molecular flexibility index (Phi) is 6.94. The lowest BCUT2D eigenvalue weighted by Gasteiger charge is -2.16. The normalized spacial score (nSPS) is 12.5. The molecule has 1 rings (SSSR count). The molecule has 0 aliphatic heterocycles. The zero-order chi connectivity index (χ0) is 18.3. The molecule has 0 saturated carbocycles. The molecule has 0 radical (unpaired) electrons. The first-order valence-electron chi connectivity index (χ1n) is 7.33. The van der Waals surface area contributed by atoms with Gasteiger partial charge in [0.05, 0.1) is 6.42 Å². The van der Waals surface area contributed by atoms with Crippen LogP contribution in [0.1, 0.15) is 42.1 Å². The van der Waals surface area contributed by atoms with Crippen LogP contribution >= 0.6 is 0 Å². The summed E-state index contributed by atoms with van der Waals surface area (Å²) in [5, 5.41) is 10.5. The average Bonchev–Trinajstić information content (AvgIpc) is 2.50. The fourth-order valence-corrected chi connectivity index (χ4v) is 2.00. The summed E-state index contributed by atoms with van der Waals surface area (Å²) >= 11 is 0. The number of carboxylic acids is 1. The lowest BCUT2D eigenvalue weighted by atomic mass is 10.0. The molecule has 24 heavy (non-hydrogen) atoms. The summed E-state index contributed by atoms with van der Waals surface area (Å²) in [6, 6.07) is 4.72. The topological polar surface area (TPSA) is 83.5 Å². The third kappa shape index (κ3) is 6.80. The molecule has 1 atom stereocenters. The number of hydrogen-bond donors (Lipinski definition) is 2. The van der Waals surface area contributed by atoms with Gasteiger partial charge in [-0.2, -0.15) is 13.2 Å². The van der Waals surface area contributed by atoms with E-state index in [1.54, 1.807) is 29.6 Å². The summed E-state index contributed by atoms with van der Waals surface area (Å²) in [6.45, 7) is 1.96. The summed E-state index contributed by atoms with van der Waals surface area (Å²) in [4.78, 5) is 34.3. The smallest absolute Gasteiger partial charge is 0.391 e. The van der Waals surface area contributed by atoms with Gasteiger partial charge in [-0.25, -0.2) is 4.79 Å². The second kappa shape index (κ2) is 8.47. The molecule has 0 heterocycles. The van der Waals surface area contributed by atoms with E-state index < -0.39 is 30.5 Å². The van der Waals surface area contributed by atoms with E-state index in [0.717, 1.165) is 12.0 Å². The van der Waals surface area contributed by atoms with Gasteiger partial charge in [0, 0.05) is 18.4 Å². The van der Waals surface area contributed by atoms with Crippen molar-refractivity contribution in [2.45, 2.75) is 44.8 Å². The number of benzene rings is 1. The number of alkyl halides is 3. The fourth-order valence-electron chi connectivity index (χ4n) is 2.00. The van der Waals surface area contributed by atoms with Gasteiger partial charge in [-0.3, -0.25) is 9.59 Å². The number of ketones is 1. The van der Waals surface area contributed by atoms with Gasteiger partial charge in [0.2, 0.25) is 5.91 Å². The van der Waals surface area contributed by atoms with Crippen LogP contribution in [-0.4, -0.2) is 35.0 Å². The van der Waals surface area contributed by atoms with Crippen LogP contribution in [0.3, 0.4) is 0 Å². The molecule has 1 aromatic rings.